The average molecular weight is 719 g/mol. The summed E-state index contributed by atoms with van der Waals surface area (Å²) in [7, 11) is 3.09. The molecule has 276 valence electrons. The Balaban J connectivity index is 1.72. The molecule has 6 atom stereocenters. The van der Waals surface area contributed by atoms with Crippen LogP contribution in [0.1, 0.15) is 66.5 Å². The van der Waals surface area contributed by atoms with Crippen LogP contribution in [0, 0.1) is 22.7 Å². The summed E-state index contributed by atoms with van der Waals surface area (Å²) < 4.78 is 5.22. The lowest BCUT2D eigenvalue weighted by Gasteiger charge is -2.37. The van der Waals surface area contributed by atoms with Crippen LogP contribution >= 0.6 is 11.6 Å². The van der Waals surface area contributed by atoms with Crippen LogP contribution in [0.5, 0.6) is 0 Å². The van der Waals surface area contributed by atoms with Crippen LogP contribution < -0.4 is 21.3 Å². The lowest BCUT2D eigenvalue weighted by atomic mass is 9.85. The Hall–Kier alpha value is -4.20. The minimum Gasteiger partial charge on any atom is -0.447 e. The number of carbonyl (C=O) groups is 7. The van der Waals surface area contributed by atoms with E-state index < -0.39 is 83.6 Å². The summed E-state index contributed by atoms with van der Waals surface area (Å²) in [4.78, 5) is 95.1. The van der Waals surface area contributed by atoms with Crippen LogP contribution in [0.4, 0.5) is 4.79 Å². The van der Waals surface area contributed by atoms with Gasteiger partial charge in [-0.3, -0.25) is 28.8 Å². The third kappa shape index (κ3) is 9.52. The number of nitrogens with one attached hydrogen (secondary N) is 4. The van der Waals surface area contributed by atoms with Crippen LogP contribution in [0.15, 0.2) is 30.3 Å². The van der Waals surface area contributed by atoms with E-state index in [1.165, 1.54) is 9.80 Å². The first-order chi connectivity index (χ1) is 23.2. The van der Waals surface area contributed by atoms with Gasteiger partial charge in [0.15, 0.2) is 0 Å². The molecule has 14 nitrogen and oxygen atoms in total. The van der Waals surface area contributed by atoms with Crippen LogP contribution in [0.3, 0.4) is 0 Å². The molecule has 4 N–H and O–H groups in total. The molecule has 1 aromatic rings. The molecule has 50 heavy (non-hydrogen) atoms. The first-order valence-electron chi connectivity index (χ1n) is 16.7. The normalized spacial score (nSPS) is 20.8. The second-order valence-corrected chi connectivity index (χ2v) is 15.4. The third-order valence-corrected chi connectivity index (χ3v) is 9.49. The number of nitrogens with zero attached hydrogens (tertiary/aromatic N) is 2. The number of piperidine rings is 1. The number of hydrogen-bond donors (Lipinski definition) is 4. The molecule has 1 aliphatic carbocycles. The number of ether oxygens (including phenoxy) is 1. The quantitative estimate of drug-likeness (QED) is 0.166. The van der Waals surface area contributed by atoms with Crippen molar-refractivity contribution in [3.8, 4) is 0 Å². The van der Waals surface area contributed by atoms with Gasteiger partial charge in [0.2, 0.25) is 29.4 Å². The van der Waals surface area contributed by atoms with Gasteiger partial charge in [-0.2, -0.15) is 0 Å². The molecule has 1 saturated carbocycles. The molecule has 3 rings (SSSR count). The first-order valence-corrected chi connectivity index (χ1v) is 17.3. The van der Waals surface area contributed by atoms with Gasteiger partial charge in [-0.25, -0.2) is 4.79 Å². The van der Waals surface area contributed by atoms with Crippen molar-refractivity contribution < 1.29 is 38.3 Å². The summed E-state index contributed by atoms with van der Waals surface area (Å²) in [5, 5.41) is 10.2. The van der Waals surface area contributed by atoms with Gasteiger partial charge in [0.25, 0.3) is 5.91 Å². The average Bonchev–Trinajstić information content (AvgIpc) is 3.33. The molecule has 0 bridgehead atoms. The predicted molar refractivity (Wildman–Crippen MR) is 186 cm³/mol. The minimum atomic E-state index is -1.34. The van der Waals surface area contributed by atoms with Gasteiger partial charge >= 0.3 is 6.09 Å². The van der Waals surface area contributed by atoms with E-state index in [-0.39, 0.29) is 36.1 Å². The van der Waals surface area contributed by atoms with Crippen molar-refractivity contribution in [1.29, 1.82) is 0 Å². The Bertz CT molecular complexity index is 1460. The number of halogens is 1. The van der Waals surface area contributed by atoms with Crippen LogP contribution in [-0.4, -0.2) is 109 Å². The van der Waals surface area contributed by atoms with E-state index >= 15 is 0 Å². The number of alkyl carbamates (subject to hydrolysis) is 1. The summed E-state index contributed by atoms with van der Waals surface area (Å²) in [6, 6.07) is 4.22. The predicted octanol–water partition coefficient (Wildman–Crippen LogP) is 1.76. The van der Waals surface area contributed by atoms with Gasteiger partial charge in [0.1, 0.15) is 18.1 Å². The Morgan fingerprint density at radius 1 is 1.00 bits per heavy atom. The molecule has 0 radical (unpaired) electrons. The van der Waals surface area contributed by atoms with Gasteiger partial charge in [0, 0.05) is 26.5 Å². The van der Waals surface area contributed by atoms with Crippen molar-refractivity contribution in [3.63, 3.8) is 0 Å². The molecule has 1 aliphatic heterocycles. The first kappa shape index (κ1) is 40.2. The maximum absolute atomic E-state index is 14.0. The van der Waals surface area contributed by atoms with Crippen molar-refractivity contribution in [1.82, 2.24) is 31.1 Å². The Labute approximate surface area is 298 Å². The molecule has 1 heterocycles. The summed E-state index contributed by atoms with van der Waals surface area (Å²) >= 11 is 5.97. The summed E-state index contributed by atoms with van der Waals surface area (Å²) in [5.74, 6) is -4.64. The summed E-state index contributed by atoms with van der Waals surface area (Å²) in [5.41, 5.74) is -0.464. The van der Waals surface area contributed by atoms with E-state index in [0.717, 1.165) is 0 Å². The maximum Gasteiger partial charge on any atom is 0.408 e. The number of carbonyl (C=O) groups excluding carboxylic acids is 7. The zero-order chi connectivity index (χ0) is 37.7. The molecular weight excluding hydrogens is 668 g/mol. The Morgan fingerprint density at radius 2 is 1.62 bits per heavy atom. The highest BCUT2D eigenvalue weighted by molar-refractivity contribution is 6.38. The second-order valence-electron chi connectivity index (χ2n) is 15.0. The standard InChI is InChI=1S/C35H51ClN6O8/c1-19(2)50-33(49)40-28(34(3,4)5)32(48)42-18-21-24(35(21,6)7)26(42)29(45)38-22(15-16-36)27(44)30(46)37-17-23(43)39-25(31(47)41(8)9)20-13-11-10-12-14-20/h10-14,19,21-22,24-26,28H,15-18H2,1-9H3,(H,37,46)(H,38,45)(H,39,43)(H,40,49)/t21-,22-,24?,25-,26-,28+/m0/s1. The highest BCUT2D eigenvalue weighted by atomic mass is 35.5. The minimum absolute atomic E-state index is 0.00788. The fraction of sp³-hybridized carbons (Fsp3) is 0.629. The second kappa shape index (κ2) is 16.2. The van der Waals surface area contributed by atoms with Gasteiger partial charge < -0.3 is 35.8 Å². The molecular formula is C35H51ClN6O8. The van der Waals surface area contributed by atoms with Crippen molar-refractivity contribution >= 4 is 53.0 Å². The topological polar surface area (TPSA) is 183 Å². The molecule has 1 unspecified atom stereocenters. The lowest BCUT2D eigenvalue weighted by molar-refractivity contribution is -0.145. The number of ketones is 1. The van der Waals surface area contributed by atoms with E-state index in [1.54, 1.807) is 79.0 Å². The molecule has 0 aromatic heterocycles. The van der Waals surface area contributed by atoms with Crippen molar-refractivity contribution in [2.75, 3.05) is 33.1 Å². The van der Waals surface area contributed by atoms with E-state index in [9.17, 15) is 33.6 Å². The lowest BCUT2D eigenvalue weighted by Crippen LogP contribution is -2.60. The number of hydrogen-bond acceptors (Lipinski definition) is 8. The number of benzene rings is 1. The molecule has 15 heteroatoms. The number of alkyl halides is 1. The van der Waals surface area contributed by atoms with Crippen LogP contribution in [0.25, 0.3) is 0 Å². The number of likely N-dealkylation sites (N-methyl/N-ethyl adjacent to an activating group) is 1. The fourth-order valence-corrected chi connectivity index (χ4v) is 6.66. The zero-order valence-electron chi connectivity index (χ0n) is 30.3. The highest BCUT2D eigenvalue weighted by Crippen LogP contribution is 2.65. The number of likely N-dealkylation sites (tertiary alicyclic amines) is 1. The zero-order valence-corrected chi connectivity index (χ0v) is 31.1. The molecule has 1 aromatic carbocycles. The largest absolute Gasteiger partial charge is 0.447 e. The number of Topliss-reactive ketones (excluding diaryl/α,β-unsaturated/α-hetero) is 1. The fourth-order valence-electron chi connectivity index (χ4n) is 6.44. The Morgan fingerprint density at radius 3 is 2.16 bits per heavy atom. The Kier molecular flexibility index (Phi) is 13.0. The SMILES string of the molecule is CC(C)OC(=O)N[C@H](C(=O)N1C[C@H]2C([C@H]1C(=O)N[C@@H](CCCl)C(=O)C(=O)NCC(=O)N[C@H](C(=O)N(C)C)c1ccccc1)C2(C)C)C(C)(C)C. The molecule has 6 amide bonds. The number of amides is 6. The molecule has 2 aliphatic rings. The highest BCUT2D eigenvalue weighted by Gasteiger charge is 2.70. The van der Waals surface area contributed by atoms with E-state index in [1.807, 2.05) is 13.8 Å². The molecule has 2 fully saturated rings. The van der Waals surface area contributed by atoms with E-state index in [2.05, 4.69) is 21.3 Å². The monoisotopic (exact) mass is 718 g/mol. The molecule has 0 spiro atoms. The number of rotatable bonds is 14. The summed E-state index contributed by atoms with van der Waals surface area (Å²) in [6.07, 6.45) is -1.26. The maximum atomic E-state index is 14.0. The number of fused-ring (bicyclic) bond motifs is 1. The van der Waals surface area contributed by atoms with Crippen molar-refractivity contribution in [3.05, 3.63) is 35.9 Å². The van der Waals surface area contributed by atoms with E-state index in [4.69, 9.17) is 16.3 Å². The van der Waals surface area contributed by atoms with Crippen molar-refractivity contribution in [2.24, 2.45) is 22.7 Å². The van der Waals surface area contributed by atoms with Gasteiger partial charge in [-0.15, -0.1) is 11.6 Å². The van der Waals surface area contributed by atoms with Crippen LogP contribution in [0.2, 0.25) is 0 Å². The van der Waals surface area contributed by atoms with Gasteiger partial charge in [-0.1, -0.05) is 65.0 Å². The third-order valence-electron chi connectivity index (χ3n) is 9.27. The van der Waals surface area contributed by atoms with Crippen molar-refractivity contribution in [2.45, 2.75) is 85.2 Å². The van der Waals surface area contributed by atoms with E-state index in [0.29, 0.717) is 5.56 Å². The summed E-state index contributed by atoms with van der Waals surface area (Å²) in [6.45, 7) is 12.4. The van der Waals surface area contributed by atoms with Gasteiger partial charge in [-0.05, 0) is 48.5 Å². The van der Waals surface area contributed by atoms with Gasteiger partial charge in [0.05, 0.1) is 18.7 Å². The molecule has 1 saturated heterocycles. The van der Waals surface area contributed by atoms with Crippen LogP contribution in [-0.2, 0) is 33.5 Å². The smallest absolute Gasteiger partial charge is 0.408 e.